The van der Waals surface area contributed by atoms with Gasteiger partial charge in [0.25, 0.3) is 0 Å². The molecule has 4 aromatic rings. The van der Waals surface area contributed by atoms with Crippen molar-refractivity contribution >= 4 is 46.6 Å². The molecule has 30 heavy (non-hydrogen) atoms. The number of thioether (sulfide) groups is 1. The predicted octanol–water partition coefficient (Wildman–Crippen LogP) is 5.97. The molecule has 0 aliphatic carbocycles. The number of carbonyl (C=O) groups excluding carboxylic acids is 1. The number of hydrogen-bond acceptors (Lipinski definition) is 4. The topological polar surface area (TPSA) is 59.8 Å². The van der Waals surface area contributed by atoms with Crippen molar-refractivity contribution in [3.05, 3.63) is 88.9 Å². The van der Waals surface area contributed by atoms with Crippen molar-refractivity contribution in [1.82, 2.24) is 14.8 Å². The largest absolute Gasteiger partial charge is 0.324 e. The van der Waals surface area contributed by atoms with Gasteiger partial charge in [0.1, 0.15) is 0 Å². The lowest BCUT2D eigenvalue weighted by Gasteiger charge is -2.11. The fourth-order valence-corrected chi connectivity index (χ4v) is 3.90. The summed E-state index contributed by atoms with van der Waals surface area (Å²) >= 11 is 13.5. The molecule has 1 amide bonds. The molecule has 0 saturated heterocycles. The Bertz CT molecular complexity index is 1160. The van der Waals surface area contributed by atoms with E-state index >= 15 is 0 Å². The van der Waals surface area contributed by atoms with Gasteiger partial charge in [-0.05, 0) is 36.4 Å². The smallest absolute Gasteiger partial charge is 0.234 e. The maximum absolute atomic E-state index is 12.4. The molecule has 1 N–H and O–H groups in total. The predicted molar refractivity (Wildman–Crippen MR) is 123 cm³/mol. The van der Waals surface area contributed by atoms with Gasteiger partial charge in [-0.15, -0.1) is 10.2 Å². The lowest BCUT2D eigenvalue weighted by atomic mass is 10.2. The lowest BCUT2D eigenvalue weighted by Crippen LogP contribution is -2.14. The van der Waals surface area contributed by atoms with Crippen LogP contribution >= 0.6 is 35.0 Å². The highest BCUT2D eigenvalue weighted by Crippen LogP contribution is 2.29. The summed E-state index contributed by atoms with van der Waals surface area (Å²) < 4.78 is 1.92. The zero-order chi connectivity index (χ0) is 20.9. The molecular formula is C22H16Cl2N4OS. The molecule has 0 fully saturated rings. The van der Waals surface area contributed by atoms with Crippen LogP contribution in [-0.2, 0) is 4.79 Å². The van der Waals surface area contributed by atoms with Crippen LogP contribution in [0.5, 0.6) is 0 Å². The fraction of sp³-hybridized carbons (Fsp3) is 0.0455. The van der Waals surface area contributed by atoms with E-state index in [0.29, 0.717) is 26.7 Å². The molecule has 0 atom stereocenters. The van der Waals surface area contributed by atoms with Crippen LogP contribution in [0.15, 0.2) is 84.0 Å². The first-order valence-electron chi connectivity index (χ1n) is 9.06. The van der Waals surface area contributed by atoms with Crippen molar-refractivity contribution in [3.8, 4) is 17.1 Å². The highest BCUT2D eigenvalue weighted by molar-refractivity contribution is 7.99. The van der Waals surface area contributed by atoms with Crippen LogP contribution < -0.4 is 5.32 Å². The Labute approximate surface area is 188 Å². The normalized spacial score (nSPS) is 10.7. The number of rotatable bonds is 6. The molecule has 0 aliphatic heterocycles. The molecule has 0 bridgehead atoms. The molecule has 0 spiro atoms. The first-order chi connectivity index (χ1) is 14.6. The number of benzene rings is 3. The lowest BCUT2D eigenvalue weighted by molar-refractivity contribution is -0.113. The number of nitrogens with zero attached hydrogens (tertiary/aromatic N) is 3. The van der Waals surface area contributed by atoms with Gasteiger partial charge in [-0.2, -0.15) is 0 Å². The first kappa shape index (κ1) is 20.5. The average molecular weight is 455 g/mol. The van der Waals surface area contributed by atoms with Crippen molar-refractivity contribution in [3.63, 3.8) is 0 Å². The van der Waals surface area contributed by atoms with Crippen LogP contribution in [0.1, 0.15) is 0 Å². The second-order valence-corrected chi connectivity index (χ2v) is 8.09. The van der Waals surface area contributed by atoms with Crippen LogP contribution in [0.4, 0.5) is 5.69 Å². The number of anilines is 1. The highest BCUT2D eigenvalue weighted by Gasteiger charge is 2.17. The fourth-order valence-electron chi connectivity index (χ4n) is 2.84. The van der Waals surface area contributed by atoms with E-state index in [-0.39, 0.29) is 11.7 Å². The van der Waals surface area contributed by atoms with E-state index in [4.69, 9.17) is 23.2 Å². The number of hydrogen-bond donors (Lipinski definition) is 1. The van der Waals surface area contributed by atoms with E-state index < -0.39 is 0 Å². The summed E-state index contributed by atoms with van der Waals surface area (Å²) in [5.74, 6) is 0.665. The summed E-state index contributed by atoms with van der Waals surface area (Å²) in [5.41, 5.74) is 2.36. The summed E-state index contributed by atoms with van der Waals surface area (Å²) in [7, 11) is 0. The zero-order valence-corrected chi connectivity index (χ0v) is 18.0. The van der Waals surface area contributed by atoms with Gasteiger partial charge >= 0.3 is 0 Å². The van der Waals surface area contributed by atoms with Crippen molar-refractivity contribution in [2.75, 3.05) is 11.1 Å². The van der Waals surface area contributed by atoms with Crippen LogP contribution in [-0.4, -0.2) is 26.4 Å². The molecule has 3 aromatic carbocycles. The Balaban J connectivity index is 1.60. The molecule has 4 rings (SSSR count). The molecule has 0 unspecified atom stereocenters. The maximum atomic E-state index is 12.4. The van der Waals surface area contributed by atoms with Crippen molar-refractivity contribution in [1.29, 1.82) is 0 Å². The van der Waals surface area contributed by atoms with Crippen molar-refractivity contribution < 1.29 is 4.79 Å². The summed E-state index contributed by atoms with van der Waals surface area (Å²) in [6.07, 6.45) is 0. The average Bonchev–Trinajstić information content (AvgIpc) is 3.19. The Hall–Kier alpha value is -2.80. The minimum atomic E-state index is -0.181. The van der Waals surface area contributed by atoms with Crippen molar-refractivity contribution in [2.45, 2.75) is 5.16 Å². The van der Waals surface area contributed by atoms with Gasteiger partial charge in [-0.3, -0.25) is 9.36 Å². The first-order valence-corrected chi connectivity index (χ1v) is 10.8. The number of nitrogens with one attached hydrogen (secondary N) is 1. The van der Waals surface area contributed by atoms with E-state index in [0.717, 1.165) is 11.3 Å². The number of carbonyl (C=O) groups is 1. The third kappa shape index (κ3) is 4.67. The third-order valence-corrected chi connectivity index (χ3v) is 5.74. The highest BCUT2D eigenvalue weighted by atomic mass is 35.5. The summed E-state index contributed by atoms with van der Waals surface area (Å²) in [5, 5.41) is 13.2. The van der Waals surface area contributed by atoms with E-state index in [1.807, 2.05) is 71.3 Å². The molecule has 0 saturated carbocycles. The number of halogens is 2. The second kappa shape index (κ2) is 9.34. The number of aromatic nitrogens is 3. The van der Waals surface area contributed by atoms with E-state index in [1.54, 1.807) is 12.1 Å². The number of para-hydroxylation sites is 1. The molecular weight excluding hydrogens is 439 g/mol. The number of amides is 1. The van der Waals surface area contributed by atoms with Crippen LogP contribution in [0.3, 0.4) is 0 Å². The minimum absolute atomic E-state index is 0.158. The van der Waals surface area contributed by atoms with Crippen LogP contribution in [0.2, 0.25) is 10.0 Å². The van der Waals surface area contributed by atoms with Crippen LogP contribution in [0.25, 0.3) is 17.1 Å². The van der Waals surface area contributed by atoms with E-state index in [9.17, 15) is 4.79 Å². The van der Waals surface area contributed by atoms with Crippen molar-refractivity contribution in [2.24, 2.45) is 0 Å². The molecule has 150 valence electrons. The summed E-state index contributed by atoms with van der Waals surface area (Å²) in [4.78, 5) is 12.4. The molecule has 8 heteroatoms. The van der Waals surface area contributed by atoms with E-state index in [1.165, 1.54) is 11.8 Å². The van der Waals surface area contributed by atoms with Gasteiger partial charge in [-0.25, -0.2) is 0 Å². The summed E-state index contributed by atoms with van der Waals surface area (Å²) in [6.45, 7) is 0. The maximum Gasteiger partial charge on any atom is 0.234 e. The third-order valence-electron chi connectivity index (χ3n) is 4.23. The Morgan fingerprint density at radius 2 is 1.60 bits per heavy atom. The molecule has 0 aliphatic rings. The molecule has 1 aromatic heterocycles. The molecule has 1 heterocycles. The Morgan fingerprint density at radius 3 is 2.33 bits per heavy atom. The molecule has 5 nitrogen and oxygen atoms in total. The van der Waals surface area contributed by atoms with Crippen LogP contribution in [0, 0.1) is 0 Å². The van der Waals surface area contributed by atoms with E-state index in [2.05, 4.69) is 15.5 Å². The minimum Gasteiger partial charge on any atom is -0.324 e. The monoisotopic (exact) mass is 454 g/mol. The zero-order valence-electron chi connectivity index (χ0n) is 15.6. The van der Waals surface area contributed by atoms with Gasteiger partial charge in [0.15, 0.2) is 11.0 Å². The van der Waals surface area contributed by atoms with Gasteiger partial charge in [-0.1, -0.05) is 77.4 Å². The van der Waals surface area contributed by atoms with Gasteiger partial charge in [0.05, 0.1) is 16.5 Å². The molecule has 0 radical (unpaired) electrons. The SMILES string of the molecule is O=C(CSc1nnc(-c2ccccc2)n1-c1ccc(Cl)cc1)Nc1ccccc1Cl. The second-order valence-electron chi connectivity index (χ2n) is 6.30. The summed E-state index contributed by atoms with van der Waals surface area (Å²) in [6, 6.07) is 24.3. The van der Waals surface area contributed by atoms with Gasteiger partial charge < -0.3 is 5.32 Å². The quantitative estimate of drug-likeness (QED) is 0.364. The van der Waals surface area contributed by atoms with Gasteiger partial charge in [0.2, 0.25) is 5.91 Å². The Morgan fingerprint density at radius 1 is 0.900 bits per heavy atom. The standard InChI is InChI=1S/C22H16Cl2N4OS/c23-16-10-12-17(13-11-16)28-21(15-6-2-1-3-7-15)26-27-22(28)30-14-20(29)25-19-9-5-4-8-18(19)24/h1-13H,14H2,(H,25,29). The van der Waals surface area contributed by atoms with Gasteiger partial charge in [0, 0.05) is 16.3 Å². The Kier molecular flexibility index (Phi) is 6.38.